The van der Waals surface area contributed by atoms with E-state index >= 15 is 0 Å². The number of unbranched alkanes of at least 4 members (excludes halogenated alkanes) is 1. The predicted molar refractivity (Wildman–Crippen MR) is 86.0 cm³/mol. The van der Waals surface area contributed by atoms with Crippen LogP contribution in [-0.4, -0.2) is 15.7 Å². The number of hydrogen-bond acceptors (Lipinski definition) is 3. The summed E-state index contributed by atoms with van der Waals surface area (Å²) < 4.78 is 1.33. The molecule has 1 aromatic carbocycles. The van der Waals surface area contributed by atoms with Gasteiger partial charge in [0.15, 0.2) is 0 Å². The van der Waals surface area contributed by atoms with Crippen molar-refractivity contribution >= 4 is 17.5 Å². The van der Waals surface area contributed by atoms with E-state index < -0.39 is 0 Å². The first-order valence-electron chi connectivity index (χ1n) is 7.21. The molecule has 22 heavy (non-hydrogen) atoms. The van der Waals surface area contributed by atoms with Gasteiger partial charge in [0.2, 0.25) is 0 Å². The number of aromatic nitrogens is 2. The van der Waals surface area contributed by atoms with Crippen LogP contribution in [0.4, 0.5) is 0 Å². The Morgan fingerprint density at radius 3 is 2.77 bits per heavy atom. The van der Waals surface area contributed by atoms with Gasteiger partial charge in [-0.15, -0.1) is 0 Å². The lowest BCUT2D eigenvalue weighted by Crippen LogP contribution is -2.29. The van der Waals surface area contributed by atoms with E-state index in [0.717, 1.165) is 18.4 Å². The second kappa shape index (κ2) is 7.75. The van der Waals surface area contributed by atoms with E-state index in [1.54, 1.807) is 6.07 Å². The Bertz CT molecular complexity index is 713. The number of carbonyl (C=O) groups excluding carboxylic acids is 1. The molecule has 1 aromatic heterocycles. The fraction of sp³-hybridized carbons (Fsp3) is 0.312. The maximum absolute atomic E-state index is 12.1. The molecule has 0 fully saturated rings. The molecule has 1 heterocycles. The first-order valence-corrected chi connectivity index (χ1v) is 7.59. The normalized spacial score (nSPS) is 10.5. The second-order valence-electron chi connectivity index (χ2n) is 4.91. The van der Waals surface area contributed by atoms with Crippen molar-refractivity contribution in [3.8, 4) is 0 Å². The molecule has 1 N–H and O–H groups in total. The molecule has 116 valence electrons. The van der Waals surface area contributed by atoms with Crippen LogP contribution in [-0.2, 0) is 13.1 Å². The molecule has 0 saturated heterocycles. The van der Waals surface area contributed by atoms with Gasteiger partial charge >= 0.3 is 0 Å². The van der Waals surface area contributed by atoms with Gasteiger partial charge in [-0.3, -0.25) is 9.59 Å². The van der Waals surface area contributed by atoms with Crippen molar-refractivity contribution in [2.45, 2.75) is 32.9 Å². The van der Waals surface area contributed by atoms with Crippen molar-refractivity contribution < 1.29 is 4.79 Å². The first-order chi connectivity index (χ1) is 10.6. The number of carbonyl (C=O) groups is 1. The van der Waals surface area contributed by atoms with E-state index in [2.05, 4.69) is 10.4 Å². The Hall–Kier alpha value is -2.14. The lowest BCUT2D eigenvalue weighted by molar-refractivity contribution is 0.0943. The number of nitrogens with one attached hydrogen (secondary N) is 1. The Balaban J connectivity index is 2.06. The van der Waals surface area contributed by atoms with Crippen molar-refractivity contribution in [1.29, 1.82) is 0 Å². The van der Waals surface area contributed by atoms with Gasteiger partial charge in [0, 0.05) is 24.2 Å². The molecule has 0 aliphatic heterocycles. The number of benzene rings is 1. The molecule has 0 saturated carbocycles. The van der Waals surface area contributed by atoms with E-state index in [1.165, 1.54) is 16.8 Å². The minimum absolute atomic E-state index is 0.198. The first kappa shape index (κ1) is 16.2. The van der Waals surface area contributed by atoms with Crippen LogP contribution in [0, 0.1) is 0 Å². The molecule has 0 spiro atoms. The van der Waals surface area contributed by atoms with E-state index in [-0.39, 0.29) is 17.2 Å². The van der Waals surface area contributed by atoms with Gasteiger partial charge in [0.1, 0.15) is 5.69 Å². The molecular weight excluding hydrogens is 302 g/mol. The number of halogens is 1. The molecule has 0 aliphatic carbocycles. The van der Waals surface area contributed by atoms with Crippen LogP contribution in [0.15, 0.2) is 41.2 Å². The van der Waals surface area contributed by atoms with E-state index in [9.17, 15) is 9.59 Å². The van der Waals surface area contributed by atoms with Gasteiger partial charge in [-0.1, -0.05) is 43.1 Å². The molecule has 5 nitrogen and oxygen atoms in total. The van der Waals surface area contributed by atoms with Gasteiger partial charge in [-0.05, 0) is 24.1 Å². The second-order valence-corrected chi connectivity index (χ2v) is 5.31. The van der Waals surface area contributed by atoms with Gasteiger partial charge in [-0.25, -0.2) is 4.68 Å². The summed E-state index contributed by atoms with van der Waals surface area (Å²) in [6, 6.07) is 10.1. The molecule has 0 unspecified atom stereocenters. The van der Waals surface area contributed by atoms with E-state index in [1.807, 2.05) is 25.1 Å². The molecule has 0 aliphatic rings. The van der Waals surface area contributed by atoms with Gasteiger partial charge in [0.25, 0.3) is 11.5 Å². The Kier molecular flexibility index (Phi) is 5.72. The topological polar surface area (TPSA) is 64.0 Å². The fourth-order valence-corrected chi connectivity index (χ4v) is 2.15. The number of rotatable bonds is 6. The highest BCUT2D eigenvalue weighted by Gasteiger charge is 2.10. The predicted octanol–water partition coefficient (Wildman–Crippen LogP) is 2.63. The zero-order chi connectivity index (χ0) is 15.9. The largest absolute Gasteiger partial charge is 0.347 e. The Morgan fingerprint density at radius 2 is 2.05 bits per heavy atom. The standard InChI is InChI=1S/C16H18ClN3O2/c1-2-3-10-20-15(21)9-8-14(19-20)16(22)18-11-12-6-4-5-7-13(12)17/h4-9H,2-3,10-11H2,1H3,(H,18,22). The van der Waals surface area contributed by atoms with Crippen LogP contribution in [0.5, 0.6) is 0 Å². The van der Waals surface area contributed by atoms with Crippen molar-refractivity contribution in [2.75, 3.05) is 0 Å². The van der Waals surface area contributed by atoms with Crippen LogP contribution < -0.4 is 10.9 Å². The highest BCUT2D eigenvalue weighted by molar-refractivity contribution is 6.31. The van der Waals surface area contributed by atoms with Gasteiger partial charge < -0.3 is 5.32 Å². The van der Waals surface area contributed by atoms with Crippen LogP contribution in [0.2, 0.25) is 5.02 Å². The number of aryl methyl sites for hydroxylation is 1. The summed E-state index contributed by atoms with van der Waals surface area (Å²) in [6.45, 7) is 2.86. The quantitative estimate of drug-likeness (QED) is 0.890. The molecule has 1 amide bonds. The van der Waals surface area contributed by atoms with Crippen LogP contribution >= 0.6 is 11.6 Å². The molecule has 0 radical (unpaired) electrons. The average molecular weight is 320 g/mol. The maximum atomic E-state index is 12.1. The molecular formula is C16H18ClN3O2. The summed E-state index contributed by atoms with van der Waals surface area (Å²) in [4.78, 5) is 23.8. The summed E-state index contributed by atoms with van der Waals surface area (Å²) in [7, 11) is 0. The lowest BCUT2D eigenvalue weighted by atomic mass is 10.2. The third kappa shape index (κ3) is 4.18. The van der Waals surface area contributed by atoms with E-state index in [4.69, 9.17) is 11.6 Å². The molecule has 2 rings (SSSR count). The smallest absolute Gasteiger partial charge is 0.271 e. The highest BCUT2D eigenvalue weighted by Crippen LogP contribution is 2.14. The number of hydrogen-bond donors (Lipinski definition) is 1. The third-order valence-electron chi connectivity index (χ3n) is 3.22. The van der Waals surface area contributed by atoms with Crippen molar-refractivity contribution in [3.63, 3.8) is 0 Å². The number of amides is 1. The van der Waals surface area contributed by atoms with Crippen molar-refractivity contribution in [3.05, 3.63) is 63.0 Å². The van der Waals surface area contributed by atoms with Crippen LogP contribution in [0.1, 0.15) is 35.8 Å². The average Bonchev–Trinajstić information content (AvgIpc) is 2.53. The summed E-state index contributed by atoms with van der Waals surface area (Å²) in [5, 5.41) is 7.46. The zero-order valence-electron chi connectivity index (χ0n) is 12.4. The summed E-state index contributed by atoms with van der Waals surface area (Å²) in [6.07, 6.45) is 1.80. The summed E-state index contributed by atoms with van der Waals surface area (Å²) in [5.74, 6) is -0.329. The lowest BCUT2D eigenvalue weighted by Gasteiger charge is -2.08. The summed E-state index contributed by atoms with van der Waals surface area (Å²) in [5.41, 5.74) is 0.857. The van der Waals surface area contributed by atoms with Gasteiger partial charge in [0.05, 0.1) is 0 Å². The van der Waals surface area contributed by atoms with Crippen molar-refractivity contribution in [2.24, 2.45) is 0 Å². The molecule has 2 aromatic rings. The Morgan fingerprint density at radius 1 is 1.27 bits per heavy atom. The fourth-order valence-electron chi connectivity index (χ4n) is 1.95. The van der Waals surface area contributed by atoms with Crippen LogP contribution in [0.3, 0.4) is 0 Å². The monoisotopic (exact) mass is 319 g/mol. The molecule has 0 atom stereocenters. The maximum Gasteiger partial charge on any atom is 0.271 e. The minimum Gasteiger partial charge on any atom is -0.347 e. The SMILES string of the molecule is CCCCn1nc(C(=O)NCc2ccccc2Cl)ccc1=O. The third-order valence-corrected chi connectivity index (χ3v) is 3.59. The van der Waals surface area contributed by atoms with Gasteiger partial charge in [-0.2, -0.15) is 5.10 Å². The molecule has 0 bridgehead atoms. The van der Waals surface area contributed by atoms with Crippen LogP contribution in [0.25, 0.3) is 0 Å². The number of nitrogens with zero attached hydrogens (tertiary/aromatic N) is 2. The van der Waals surface area contributed by atoms with Crippen molar-refractivity contribution in [1.82, 2.24) is 15.1 Å². The molecule has 6 heteroatoms. The van der Waals surface area contributed by atoms with E-state index in [0.29, 0.717) is 18.1 Å². The summed E-state index contributed by atoms with van der Waals surface area (Å²) >= 11 is 6.04. The Labute approximate surface area is 133 Å². The minimum atomic E-state index is -0.329. The zero-order valence-corrected chi connectivity index (χ0v) is 13.1. The highest BCUT2D eigenvalue weighted by atomic mass is 35.5.